The van der Waals surface area contributed by atoms with Crippen LogP contribution in [0.15, 0.2) is 0 Å². The van der Waals surface area contributed by atoms with Gasteiger partial charge in [0.2, 0.25) is 0 Å². The Morgan fingerprint density at radius 2 is 2.00 bits per heavy atom. The van der Waals surface area contributed by atoms with Gasteiger partial charge in [-0.25, -0.2) is 0 Å². The Hall–Kier alpha value is -0.120. The average molecular weight is 267 g/mol. The third-order valence-electron chi connectivity index (χ3n) is 5.65. The van der Waals surface area contributed by atoms with Crippen LogP contribution in [0.4, 0.5) is 0 Å². The first-order valence-electron chi connectivity index (χ1n) is 8.00. The molecule has 0 aromatic carbocycles. The van der Waals surface area contributed by atoms with Crippen molar-refractivity contribution < 1.29 is 0 Å². The number of nitrogens with two attached hydrogens (primary N) is 1. The van der Waals surface area contributed by atoms with Crippen LogP contribution in [0, 0.1) is 5.41 Å². The Morgan fingerprint density at radius 3 is 2.53 bits per heavy atom. The van der Waals surface area contributed by atoms with Gasteiger partial charge >= 0.3 is 0 Å². The maximum atomic E-state index is 6.21. The SMILES string of the molecule is CN1CCCC1CN(C)C1(CN)CCCC(C)(C)C1. The number of rotatable bonds is 4. The Labute approximate surface area is 119 Å². The highest BCUT2D eigenvalue weighted by atomic mass is 15.2. The van der Waals surface area contributed by atoms with Gasteiger partial charge < -0.3 is 10.6 Å². The fourth-order valence-electron chi connectivity index (χ4n) is 4.34. The maximum Gasteiger partial charge on any atom is 0.0334 e. The van der Waals surface area contributed by atoms with Gasteiger partial charge in [-0.2, -0.15) is 0 Å². The normalized spacial score (nSPS) is 36.0. The highest BCUT2D eigenvalue weighted by Crippen LogP contribution is 2.43. The second-order valence-corrected chi connectivity index (χ2v) is 7.78. The first-order valence-corrected chi connectivity index (χ1v) is 8.00. The summed E-state index contributed by atoms with van der Waals surface area (Å²) in [6, 6.07) is 0.735. The lowest BCUT2D eigenvalue weighted by Crippen LogP contribution is -2.58. The molecule has 2 rings (SSSR count). The van der Waals surface area contributed by atoms with E-state index in [4.69, 9.17) is 5.73 Å². The lowest BCUT2D eigenvalue weighted by atomic mass is 9.67. The minimum Gasteiger partial charge on any atom is -0.329 e. The molecule has 0 spiro atoms. The zero-order chi connectivity index (χ0) is 14.1. The molecule has 2 atom stereocenters. The van der Waals surface area contributed by atoms with Crippen molar-refractivity contribution in [2.45, 2.75) is 64.0 Å². The van der Waals surface area contributed by atoms with Crippen molar-refractivity contribution in [3.05, 3.63) is 0 Å². The highest BCUT2D eigenvalue weighted by Gasteiger charge is 2.42. The summed E-state index contributed by atoms with van der Waals surface area (Å²) in [5, 5.41) is 0. The van der Waals surface area contributed by atoms with Crippen molar-refractivity contribution in [2.24, 2.45) is 11.1 Å². The molecule has 1 heterocycles. The molecule has 2 fully saturated rings. The fraction of sp³-hybridized carbons (Fsp3) is 1.00. The van der Waals surface area contributed by atoms with Crippen molar-refractivity contribution in [1.82, 2.24) is 9.80 Å². The lowest BCUT2D eigenvalue weighted by molar-refractivity contribution is 0.0157. The molecule has 1 saturated carbocycles. The molecule has 0 aromatic heterocycles. The molecule has 0 bridgehead atoms. The Bertz CT molecular complexity index is 302. The van der Waals surface area contributed by atoms with Crippen LogP contribution in [-0.2, 0) is 0 Å². The van der Waals surface area contributed by atoms with Gasteiger partial charge in [-0.3, -0.25) is 4.90 Å². The minimum atomic E-state index is 0.241. The number of likely N-dealkylation sites (N-methyl/N-ethyl adjacent to an activating group) is 2. The Balaban J connectivity index is 2.03. The predicted octanol–water partition coefficient (Wildman–Crippen LogP) is 2.31. The van der Waals surface area contributed by atoms with Crippen LogP contribution in [0.3, 0.4) is 0 Å². The molecule has 0 amide bonds. The topological polar surface area (TPSA) is 32.5 Å². The molecular formula is C16H33N3. The standard InChI is InChI=1S/C16H33N3/c1-15(2)8-6-9-16(12-15,13-17)19(4)11-14-7-5-10-18(14)3/h14H,5-13,17H2,1-4H3. The van der Waals surface area contributed by atoms with E-state index in [1.54, 1.807) is 0 Å². The predicted molar refractivity (Wildman–Crippen MR) is 82.3 cm³/mol. The summed E-state index contributed by atoms with van der Waals surface area (Å²) in [5.74, 6) is 0. The number of hydrogen-bond acceptors (Lipinski definition) is 3. The Kier molecular flexibility index (Phi) is 4.59. The van der Waals surface area contributed by atoms with Crippen LogP contribution in [-0.4, -0.2) is 55.1 Å². The molecule has 1 saturated heterocycles. The number of likely N-dealkylation sites (tertiary alicyclic amines) is 1. The lowest BCUT2D eigenvalue weighted by Gasteiger charge is -2.50. The molecular weight excluding hydrogens is 234 g/mol. The molecule has 1 aliphatic heterocycles. The Morgan fingerprint density at radius 1 is 1.26 bits per heavy atom. The van der Waals surface area contributed by atoms with E-state index in [0.717, 1.165) is 12.6 Å². The second kappa shape index (κ2) is 5.71. The van der Waals surface area contributed by atoms with E-state index < -0.39 is 0 Å². The smallest absolute Gasteiger partial charge is 0.0334 e. The summed E-state index contributed by atoms with van der Waals surface area (Å²) >= 11 is 0. The van der Waals surface area contributed by atoms with Gasteiger partial charge in [-0.1, -0.05) is 20.3 Å². The average Bonchev–Trinajstić information content (AvgIpc) is 2.73. The summed E-state index contributed by atoms with van der Waals surface area (Å²) in [6.45, 7) is 8.07. The van der Waals surface area contributed by atoms with Gasteiger partial charge in [0, 0.05) is 24.7 Å². The van der Waals surface area contributed by atoms with E-state index in [2.05, 4.69) is 37.7 Å². The molecule has 1 aliphatic carbocycles. The van der Waals surface area contributed by atoms with Gasteiger partial charge in [-0.05, 0) is 58.2 Å². The summed E-state index contributed by atoms with van der Waals surface area (Å²) in [6.07, 6.45) is 7.92. The monoisotopic (exact) mass is 267 g/mol. The molecule has 0 radical (unpaired) electrons. The third-order valence-corrected chi connectivity index (χ3v) is 5.65. The molecule has 0 aromatic rings. The van der Waals surface area contributed by atoms with Crippen molar-refractivity contribution in [3.8, 4) is 0 Å². The highest BCUT2D eigenvalue weighted by molar-refractivity contribution is 4.99. The molecule has 3 nitrogen and oxygen atoms in total. The van der Waals surface area contributed by atoms with E-state index in [9.17, 15) is 0 Å². The third kappa shape index (κ3) is 3.32. The molecule has 2 unspecified atom stereocenters. The van der Waals surface area contributed by atoms with Crippen LogP contribution >= 0.6 is 0 Å². The van der Waals surface area contributed by atoms with E-state index in [1.165, 1.54) is 51.6 Å². The molecule has 2 N–H and O–H groups in total. The van der Waals surface area contributed by atoms with Crippen molar-refractivity contribution in [3.63, 3.8) is 0 Å². The number of hydrogen-bond donors (Lipinski definition) is 1. The van der Waals surface area contributed by atoms with Crippen LogP contribution in [0.2, 0.25) is 0 Å². The van der Waals surface area contributed by atoms with Crippen LogP contribution in [0.5, 0.6) is 0 Å². The minimum absolute atomic E-state index is 0.241. The zero-order valence-corrected chi connectivity index (χ0v) is 13.4. The first-order chi connectivity index (χ1) is 8.88. The van der Waals surface area contributed by atoms with Gasteiger partial charge in [0.1, 0.15) is 0 Å². The molecule has 2 aliphatic rings. The van der Waals surface area contributed by atoms with Gasteiger partial charge in [-0.15, -0.1) is 0 Å². The maximum absolute atomic E-state index is 6.21. The molecule has 112 valence electrons. The van der Waals surface area contributed by atoms with E-state index in [0.29, 0.717) is 5.41 Å². The fourth-order valence-corrected chi connectivity index (χ4v) is 4.34. The first kappa shape index (κ1) is 15.3. The summed E-state index contributed by atoms with van der Waals surface area (Å²) < 4.78 is 0. The summed E-state index contributed by atoms with van der Waals surface area (Å²) in [4.78, 5) is 5.12. The van der Waals surface area contributed by atoms with E-state index >= 15 is 0 Å². The van der Waals surface area contributed by atoms with Crippen LogP contribution in [0.1, 0.15) is 52.4 Å². The van der Waals surface area contributed by atoms with Gasteiger partial charge in [0.05, 0.1) is 0 Å². The second-order valence-electron chi connectivity index (χ2n) is 7.78. The number of nitrogens with zero attached hydrogens (tertiary/aromatic N) is 2. The zero-order valence-electron chi connectivity index (χ0n) is 13.4. The van der Waals surface area contributed by atoms with Gasteiger partial charge in [0.15, 0.2) is 0 Å². The summed E-state index contributed by atoms with van der Waals surface area (Å²) in [7, 11) is 4.58. The van der Waals surface area contributed by atoms with Crippen molar-refractivity contribution in [2.75, 3.05) is 33.7 Å². The largest absolute Gasteiger partial charge is 0.329 e. The van der Waals surface area contributed by atoms with Crippen molar-refractivity contribution in [1.29, 1.82) is 0 Å². The molecule has 3 heteroatoms. The van der Waals surface area contributed by atoms with Crippen molar-refractivity contribution >= 4 is 0 Å². The van der Waals surface area contributed by atoms with Crippen LogP contribution in [0.25, 0.3) is 0 Å². The van der Waals surface area contributed by atoms with Gasteiger partial charge in [0.25, 0.3) is 0 Å². The van der Waals surface area contributed by atoms with E-state index in [-0.39, 0.29) is 5.54 Å². The van der Waals surface area contributed by atoms with Crippen LogP contribution < -0.4 is 5.73 Å². The van der Waals surface area contributed by atoms with E-state index in [1.807, 2.05) is 0 Å². The quantitative estimate of drug-likeness (QED) is 0.848. The summed E-state index contributed by atoms with van der Waals surface area (Å²) in [5.41, 5.74) is 6.91. The molecule has 19 heavy (non-hydrogen) atoms.